The highest BCUT2D eigenvalue weighted by Crippen LogP contribution is 2.18. The molecule has 0 bridgehead atoms. The molecule has 0 atom stereocenters. The summed E-state index contributed by atoms with van der Waals surface area (Å²) in [5.41, 5.74) is -0.251. The summed E-state index contributed by atoms with van der Waals surface area (Å²) >= 11 is 5.66. The normalized spacial score (nSPS) is 12.4. The third-order valence-corrected chi connectivity index (χ3v) is 2.65. The van der Waals surface area contributed by atoms with Gasteiger partial charge in [0.25, 0.3) is 0 Å². The van der Waals surface area contributed by atoms with E-state index in [-0.39, 0.29) is 12.1 Å². The monoisotopic (exact) mass is 217 g/mol. The molecule has 80 valence electrons. The largest absolute Gasteiger partial charge is 0.448 e. The molecule has 0 spiro atoms. The molecule has 1 rings (SSSR count). The van der Waals surface area contributed by atoms with Crippen molar-refractivity contribution in [3.8, 4) is 0 Å². The first kappa shape index (κ1) is 11.6. The van der Waals surface area contributed by atoms with Gasteiger partial charge in [0.1, 0.15) is 5.76 Å². The van der Waals surface area contributed by atoms with Gasteiger partial charge < -0.3 is 9.52 Å². The van der Waals surface area contributed by atoms with Gasteiger partial charge in [-0.15, -0.1) is 0 Å². The smallest absolute Gasteiger partial charge is 0.193 e. The third kappa shape index (κ3) is 2.74. The van der Waals surface area contributed by atoms with Crippen molar-refractivity contribution in [3.05, 3.63) is 23.1 Å². The van der Waals surface area contributed by atoms with E-state index in [1.807, 2.05) is 31.9 Å². The summed E-state index contributed by atoms with van der Waals surface area (Å²) in [6, 6.07) is 3.56. The fraction of sp³-hybridized carbons (Fsp3) is 0.600. The molecule has 3 nitrogen and oxygen atoms in total. The van der Waals surface area contributed by atoms with E-state index in [4.69, 9.17) is 21.1 Å². The van der Waals surface area contributed by atoms with Crippen LogP contribution in [-0.4, -0.2) is 29.2 Å². The van der Waals surface area contributed by atoms with Crippen LogP contribution in [0.3, 0.4) is 0 Å². The van der Waals surface area contributed by atoms with Crippen LogP contribution in [0.4, 0.5) is 0 Å². The molecule has 0 aromatic carbocycles. The Labute approximate surface area is 89.3 Å². The van der Waals surface area contributed by atoms with Crippen LogP contribution < -0.4 is 0 Å². The molecule has 0 radical (unpaired) electrons. The first-order valence-electron chi connectivity index (χ1n) is 4.52. The average molecular weight is 218 g/mol. The molecule has 0 aliphatic carbocycles. The van der Waals surface area contributed by atoms with Crippen LogP contribution in [0.5, 0.6) is 0 Å². The Morgan fingerprint density at radius 1 is 1.50 bits per heavy atom. The topological polar surface area (TPSA) is 36.6 Å². The minimum Gasteiger partial charge on any atom is -0.448 e. The molecular weight excluding hydrogens is 202 g/mol. The van der Waals surface area contributed by atoms with Crippen molar-refractivity contribution in [2.75, 3.05) is 13.7 Å². The fourth-order valence-electron chi connectivity index (χ4n) is 1.01. The minimum atomic E-state index is -0.251. The molecule has 0 aliphatic rings. The maximum Gasteiger partial charge on any atom is 0.193 e. The van der Waals surface area contributed by atoms with Crippen molar-refractivity contribution >= 4 is 11.6 Å². The zero-order valence-corrected chi connectivity index (χ0v) is 9.51. The van der Waals surface area contributed by atoms with E-state index >= 15 is 0 Å². The lowest BCUT2D eigenvalue weighted by Gasteiger charge is -2.33. The first-order valence-corrected chi connectivity index (χ1v) is 4.90. The molecule has 1 aromatic rings. The van der Waals surface area contributed by atoms with E-state index in [1.54, 1.807) is 6.07 Å². The van der Waals surface area contributed by atoms with E-state index in [0.717, 1.165) is 5.76 Å². The summed E-state index contributed by atoms with van der Waals surface area (Å²) in [5.74, 6) is 0.805. The summed E-state index contributed by atoms with van der Waals surface area (Å²) in [5, 5.41) is 9.55. The summed E-state index contributed by atoms with van der Waals surface area (Å²) in [6.45, 7) is 4.69. The summed E-state index contributed by atoms with van der Waals surface area (Å²) in [6.07, 6.45) is 0. The van der Waals surface area contributed by atoms with Crippen LogP contribution in [0.25, 0.3) is 0 Å². The van der Waals surface area contributed by atoms with E-state index in [0.29, 0.717) is 11.8 Å². The van der Waals surface area contributed by atoms with Crippen molar-refractivity contribution in [1.82, 2.24) is 4.90 Å². The number of hydrogen-bond donors (Lipinski definition) is 1. The van der Waals surface area contributed by atoms with Crippen molar-refractivity contribution in [3.63, 3.8) is 0 Å². The highest BCUT2D eigenvalue weighted by Gasteiger charge is 2.23. The van der Waals surface area contributed by atoms with E-state index < -0.39 is 0 Å². The van der Waals surface area contributed by atoms with Crippen LogP contribution in [-0.2, 0) is 6.54 Å². The molecule has 1 N–H and O–H groups in total. The summed E-state index contributed by atoms with van der Waals surface area (Å²) in [4.78, 5) is 2.02. The van der Waals surface area contributed by atoms with Gasteiger partial charge in [0, 0.05) is 5.54 Å². The van der Waals surface area contributed by atoms with Gasteiger partial charge in [0.05, 0.1) is 13.2 Å². The van der Waals surface area contributed by atoms with Crippen molar-refractivity contribution in [1.29, 1.82) is 0 Å². The molecule has 14 heavy (non-hydrogen) atoms. The Balaban J connectivity index is 2.61. The second-order valence-corrected chi connectivity index (χ2v) is 4.40. The van der Waals surface area contributed by atoms with Crippen LogP contribution >= 0.6 is 11.6 Å². The zero-order chi connectivity index (χ0) is 10.8. The molecule has 0 saturated heterocycles. The molecule has 1 heterocycles. The molecule has 0 saturated carbocycles. The lowest BCUT2D eigenvalue weighted by Crippen LogP contribution is -2.43. The van der Waals surface area contributed by atoms with E-state index in [9.17, 15) is 0 Å². The van der Waals surface area contributed by atoms with Gasteiger partial charge in [-0.3, -0.25) is 4.90 Å². The molecule has 4 heteroatoms. The predicted molar refractivity (Wildman–Crippen MR) is 56.3 cm³/mol. The van der Waals surface area contributed by atoms with E-state index in [1.165, 1.54) is 0 Å². The Bertz CT molecular complexity index is 296. The molecule has 0 aliphatic heterocycles. The van der Waals surface area contributed by atoms with Gasteiger partial charge in [-0.05, 0) is 44.6 Å². The highest BCUT2D eigenvalue weighted by molar-refractivity contribution is 6.28. The number of hydrogen-bond acceptors (Lipinski definition) is 3. The lowest BCUT2D eigenvalue weighted by atomic mass is 10.1. The number of likely N-dealkylation sites (N-methyl/N-ethyl adjacent to an activating group) is 1. The Morgan fingerprint density at radius 2 is 2.14 bits per heavy atom. The quantitative estimate of drug-likeness (QED) is 0.840. The summed E-state index contributed by atoms with van der Waals surface area (Å²) < 4.78 is 5.24. The van der Waals surface area contributed by atoms with Gasteiger partial charge in [0.2, 0.25) is 0 Å². The van der Waals surface area contributed by atoms with Crippen LogP contribution in [0.2, 0.25) is 5.22 Å². The summed E-state index contributed by atoms with van der Waals surface area (Å²) in [7, 11) is 1.94. The molecule has 1 aromatic heterocycles. The second-order valence-electron chi connectivity index (χ2n) is 4.03. The number of halogens is 1. The maximum absolute atomic E-state index is 9.15. The second kappa shape index (κ2) is 4.34. The van der Waals surface area contributed by atoms with Crippen molar-refractivity contribution < 1.29 is 9.52 Å². The number of rotatable bonds is 4. The fourth-order valence-corrected chi connectivity index (χ4v) is 1.17. The first-order chi connectivity index (χ1) is 6.45. The van der Waals surface area contributed by atoms with E-state index in [2.05, 4.69) is 0 Å². The number of aliphatic hydroxyl groups is 1. The van der Waals surface area contributed by atoms with Gasteiger partial charge in [-0.25, -0.2) is 0 Å². The van der Waals surface area contributed by atoms with Crippen LogP contribution in [0.15, 0.2) is 16.5 Å². The Hall–Kier alpha value is -0.510. The standard InChI is InChI=1S/C10H16ClNO2/c1-10(2,7-13)12(3)6-8-4-5-9(11)14-8/h4-5,13H,6-7H2,1-3H3. The van der Waals surface area contributed by atoms with Gasteiger partial charge >= 0.3 is 0 Å². The molecule has 0 fully saturated rings. The Morgan fingerprint density at radius 3 is 2.57 bits per heavy atom. The molecule has 0 unspecified atom stereocenters. The number of aliphatic hydroxyl groups excluding tert-OH is 1. The maximum atomic E-state index is 9.15. The van der Waals surface area contributed by atoms with Crippen LogP contribution in [0, 0.1) is 0 Å². The average Bonchev–Trinajstić information content (AvgIpc) is 2.51. The molecule has 0 amide bonds. The van der Waals surface area contributed by atoms with Crippen molar-refractivity contribution in [2.45, 2.75) is 25.9 Å². The van der Waals surface area contributed by atoms with Crippen molar-refractivity contribution in [2.24, 2.45) is 0 Å². The van der Waals surface area contributed by atoms with Crippen LogP contribution in [0.1, 0.15) is 19.6 Å². The van der Waals surface area contributed by atoms with Gasteiger partial charge in [0.15, 0.2) is 5.22 Å². The van der Waals surface area contributed by atoms with Gasteiger partial charge in [-0.2, -0.15) is 0 Å². The SMILES string of the molecule is CN(Cc1ccc(Cl)o1)C(C)(C)CO. The highest BCUT2D eigenvalue weighted by atomic mass is 35.5. The minimum absolute atomic E-state index is 0.109. The number of nitrogens with zero attached hydrogens (tertiary/aromatic N) is 1. The molecular formula is C10H16ClNO2. The zero-order valence-electron chi connectivity index (χ0n) is 8.75. The predicted octanol–water partition coefficient (Wildman–Crippen LogP) is 2.14. The number of furan rings is 1. The Kier molecular flexibility index (Phi) is 3.59. The lowest BCUT2D eigenvalue weighted by molar-refractivity contribution is 0.0682. The van der Waals surface area contributed by atoms with Gasteiger partial charge in [-0.1, -0.05) is 0 Å². The third-order valence-electron chi connectivity index (χ3n) is 2.44.